The molecule has 0 spiro atoms. The van der Waals surface area contributed by atoms with E-state index < -0.39 is 24.4 Å². The highest BCUT2D eigenvalue weighted by Crippen LogP contribution is 2.24. The number of likely N-dealkylation sites (N-methyl/N-ethyl adjacent to an activating group) is 1. The number of para-hydroxylation sites is 1. The van der Waals surface area contributed by atoms with Crippen molar-refractivity contribution in [2.45, 2.75) is 25.9 Å². The maximum Gasteiger partial charge on any atom is 0.261 e. The smallest absolute Gasteiger partial charge is 0.261 e. The van der Waals surface area contributed by atoms with Crippen LogP contribution >= 0.6 is 23.2 Å². The van der Waals surface area contributed by atoms with Crippen LogP contribution in [0.3, 0.4) is 0 Å². The number of carbonyl (C=O) groups is 2. The summed E-state index contributed by atoms with van der Waals surface area (Å²) in [6.45, 7) is 1.52. The minimum atomic E-state index is -0.712. The van der Waals surface area contributed by atoms with E-state index in [1.54, 1.807) is 31.2 Å². The largest absolute Gasteiger partial charge is 0.481 e. The van der Waals surface area contributed by atoms with Crippen LogP contribution in [0, 0.1) is 5.82 Å². The average molecular weight is 427 g/mol. The van der Waals surface area contributed by atoms with Crippen LogP contribution in [0.1, 0.15) is 18.9 Å². The van der Waals surface area contributed by atoms with E-state index in [1.165, 1.54) is 30.1 Å². The lowest BCUT2D eigenvalue weighted by Crippen LogP contribution is -2.49. The van der Waals surface area contributed by atoms with Gasteiger partial charge in [0, 0.05) is 13.6 Å². The third-order valence-corrected chi connectivity index (χ3v) is 4.90. The van der Waals surface area contributed by atoms with Crippen molar-refractivity contribution in [3.63, 3.8) is 0 Å². The van der Waals surface area contributed by atoms with E-state index in [9.17, 15) is 14.0 Å². The number of rotatable bonds is 8. The van der Waals surface area contributed by atoms with Gasteiger partial charge in [-0.2, -0.15) is 0 Å². The van der Waals surface area contributed by atoms with Gasteiger partial charge in [-0.05, 0) is 36.2 Å². The second kappa shape index (κ2) is 10.3. The molecule has 2 aromatic carbocycles. The molecule has 0 heterocycles. The predicted octanol–water partition coefficient (Wildman–Crippen LogP) is 4.06. The number of hydrogen-bond donors (Lipinski definition) is 1. The van der Waals surface area contributed by atoms with Gasteiger partial charge in [-0.1, -0.05) is 48.3 Å². The van der Waals surface area contributed by atoms with E-state index in [2.05, 4.69) is 5.32 Å². The quantitative estimate of drug-likeness (QED) is 0.691. The van der Waals surface area contributed by atoms with Crippen LogP contribution < -0.4 is 10.1 Å². The lowest BCUT2D eigenvalue weighted by Gasteiger charge is -2.30. The zero-order valence-corrected chi connectivity index (χ0v) is 17.1. The van der Waals surface area contributed by atoms with Gasteiger partial charge in [-0.15, -0.1) is 0 Å². The molecule has 0 aromatic heterocycles. The SMILES string of the molecule is CCC(C(=O)NC)N(Cc1ccc(Cl)c(Cl)c1)C(=O)COc1ccccc1F. The van der Waals surface area contributed by atoms with Crippen molar-refractivity contribution in [2.75, 3.05) is 13.7 Å². The minimum Gasteiger partial charge on any atom is -0.481 e. The molecule has 0 radical (unpaired) electrons. The second-order valence-electron chi connectivity index (χ2n) is 6.03. The van der Waals surface area contributed by atoms with Crippen LogP contribution in [0.15, 0.2) is 42.5 Å². The molecule has 150 valence electrons. The van der Waals surface area contributed by atoms with Crippen molar-refractivity contribution < 1.29 is 18.7 Å². The first-order valence-corrected chi connectivity index (χ1v) is 9.45. The summed E-state index contributed by atoms with van der Waals surface area (Å²) < 4.78 is 19.1. The molecule has 1 unspecified atom stereocenters. The van der Waals surface area contributed by atoms with Crippen molar-refractivity contribution in [2.24, 2.45) is 0 Å². The van der Waals surface area contributed by atoms with E-state index in [1.807, 2.05) is 0 Å². The maximum absolute atomic E-state index is 13.7. The van der Waals surface area contributed by atoms with Gasteiger partial charge in [0.15, 0.2) is 18.2 Å². The molecule has 0 aliphatic rings. The Morgan fingerprint density at radius 2 is 1.89 bits per heavy atom. The second-order valence-corrected chi connectivity index (χ2v) is 6.84. The number of benzene rings is 2. The van der Waals surface area contributed by atoms with Crippen molar-refractivity contribution in [1.82, 2.24) is 10.2 Å². The van der Waals surface area contributed by atoms with E-state index in [0.717, 1.165) is 0 Å². The summed E-state index contributed by atoms with van der Waals surface area (Å²) in [5, 5.41) is 3.30. The summed E-state index contributed by atoms with van der Waals surface area (Å²) in [6.07, 6.45) is 0.395. The molecule has 28 heavy (non-hydrogen) atoms. The van der Waals surface area contributed by atoms with Crippen LogP contribution in [0.2, 0.25) is 10.0 Å². The summed E-state index contributed by atoms with van der Waals surface area (Å²) >= 11 is 12.0. The highest BCUT2D eigenvalue weighted by Gasteiger charge is 2.28. The number of hydrogen-bond acceptors (Lipinski definition) is 3. The predicted molar refractivity (Wildman–Crippen MR) is 107 cm³/mol. The molecule has 0 bridgehead atoms. The van der Waals surface area contributed by atoms with Crippen LogP contribution in [-0.2, 0) is 16.1 Å². The van der Waals surface area contributed by atoms with Crippen LogP contribution in [-0.4, -0.2) is 36.4 Å². The normalized spacial score (nSPS) is 11.6. The standard InChI is InChI=1S/C20H21Cl2FN2O3/c1-3-17(20(27)24-2)25(11-13-8-9-14(21)15(22)10-13)19(26)12-28-18-7-5-4-6-16(18)23/h4-10,17H,3,11-12H2,1-2H3,(H,24,27). The molecule has 2 aromatic rings. The molecule has 0 aliphatic heterocycles. The molecule has 1 N–H and O–H groups in total. The number of carbonyl (C=O) groups excluding carboxylic acids is 2. The molecule has 8 heteroatoms. The topological polar surface area (TPSA) is 58.6 Å². The zero-order chi connectivity index (χ0) is 20.7. The monoisotopic (exact) mass is 426 g/mol. The van der Waals surface area contributed by atoms with Gasteiger partial charge in [0.25, 0.3) is 5.91 Å². The Labute approximate surface area is 173 Å². The van der Waals surface area contributed by atoms with E-state index in [4.69, 9.17) is 27.9 Å². The first kappa shape index (κ1) is 22.0. The molecule has 0 saturated heterocycles. The van der Waals surface area contributed by atoms with Gasteiger partial charge in [-0.25, -0.2) is 4.39 Å². The van der Waals surface area contributed by atoms with Crippen molar-refractivity contribution in [3.8, 4) is 5.75 Å². The molecular formula is C20H21Cl2FN2O3. The zero-order valence-electron chi connectivity index (χ0n) is 15.5. The molecule has 2 amide bonds. The molecule has 0 saturated carbocycles. The Kier molecular flexibility index (Phi) is 8.08. The van der Waals surface area contributed by atoms with Crippen molar-refractivity contribution in [3.05, 3.63) is 63.9 Å². The summed E-state index contributed by atoms with van der Waals surface area (Å²) in [6, 6.07) is 10.1. The Morgan fingerprint density at radius 1 is 1.18 bits per heavy atom. The van der Waals surface area contributed by atoms with Crippen LogP contribution in [0.25, 0.3) is 0 Å². The average Bonchev–Trinajstić information content (AvgIpc) is 2.69. The van der Waals surface area contributed by atoms with E-state index >= 15 is 0 Å². The number of amides is 2. The molecule has 5 nitrogen and oxygen atoms in total. The third-order valence-electron chi connectivity index (χ3n) is 4.16. The summed E-state index contributed by atoms with van der Waals surface area (Å²) in [5.41, 5.74) is 0.705. The summed E-state index contributed by atoms with van der Waals surface area (Å²) in [5.74, 6) is -1.35. The molecular weight excluding hydrogens is 406 g/mol. The lowest BCUT2D eigenvalue weighted by atomic mass is 10.1. The van der Waals surface area contributed by atoms with E-state index in [0.29, 0.717) is 22.0 Å². The first-order chi connectivity index (χ1) is 13.4. The minimum absolute atomic E-state index is 0.0293. The third kappa shape index (κ3) is 5.59. The number of ether oxygens (including phenoxy) is 1. The van der Waals surface area contributed by atoms with Crippen LogP contribution in [0.4, 0.5) is 4.39 Å². The number of nitrogens with zero attached hydrogens (tertiary/aromatic N) is 1. The van der Waals surface area contributed by atoms with Gasteiger partial charge in [0.1, 0.15) is 6.04 Å². The van der Waals surface area contributed by atoms with Crippen LogP contribution in [0.5, 0.6) is 5.75 Å². The van der Waals surface area contributed by atoms with Gasteiger partial charge >= 0.3 is 0 Å². The number of halogens is 3. The summed E-state index contributed by atoms with van der Waals surface area (Å²) in [4.78, 5) is 26.5. The molecule has 0 aliphatic carbocycles. The fourth-order valence-electron chi connectivity index (χ4n) is 2.70. The lowest BCUT2D eigenvalue weighted by molar-refractivity contribution is -0.142. The van der Waals surface area contributed by atoms with Gasteiger partial charge in [0.2, 0.25) is 5.91 Å². The first-order valence-electron chi connectivity index (χ1n) is 8.69. The molecule has 0 fully saturated rings. The highest BCUT2D eigenvalue weighted by atomic mass is 35.5. The van der Waals surface area contributed by atoms with Crippen molar-refractivity contribution >= 4 is 35.0 Å². The Balaban J connectivity index is 2.23. The highest BCUT2D eigenvalue weighted by molar-refractivity contribution is 6.42. The van der Waals surface area contributed by atoms with Gasteiger partial charge < -0.3 is 15.0 Å². The van der Waals surface area contributed by atoms with Gasteiger partial charge in [0.05, 0.1) is 10.0 Å². The fraction of sp³-hybridized carbons (Fsp3) is 0.300. The maximum atomic E-state index is 13.7. The van der Waals surface area contributed by atoms with Gasteiger partial charge in [-0.3, -0.25) is 9.59 Å². The van der Waals surface area contributed by atoms with Crippen molar-refractivity contribution in [1.29, 1.82) is 0 Å². The Bertz CT molecular complexity index is 848. The molecule has 2 rings (SSSR count). The molecule has 1 atom stereocenters. The number of nitrogens with one attached hydrogen (secondary N) is 1. The Hall–Kier alpha value is -2.31. The summed E-state index contributed by atoms with van der Waals surface area (Å²) in [7, 11) is 1.50. The van der Waals surface area contributed by atoms with E-state index in [-0.39, 0.29) is 18.2 Å². The Morgan fingerprint density at radius 3 is 2.50 bits per heavy atom. The fourth-order valence-corrected chi connectivity index (χ4v) is 3.03.